The summed E-state index contributed by atoms with van der Waals surface area (Å²) in [7, 11) is 0. The predicted octanol–water partition coefficient (Wildman–Crippen LogP) is 1.14. The quantitative estimate of drug-likeness (QED) is 0.580. The molecule has 3 heterocycles. The van der Waals surface area contributed by atoms with Gasteiger partial charge in [0.25, 0.3) is 6.23 Å². The average Bonchev–Trinajstić information content (AvgIpc) is 2.82. The molecular weight excluding hydrogens is 222 g/mol. The van der Waals surface area contributed by atoms with Gasteiger partial charge in [0, 0.05) is 11.0 Å². The van der Waals surface area contributed by atoms with E-state index in [4.69, 9.17) is 4.74 Å². The number of fused-ring (bicyclic) bond motifs is 6. The SMILES string of the molecule is O=[N+]([O-])[C@]12C=CO[C@H]1N1c3ccccc3N[C@@H]12. The van der Waals surface area contributed by atoms with E-state index in [9.17, 15) is 10.1 Å². The normalized spacial score (nSPS) is 35.2. The summed E-state index contributed by atoms with van der Waals surface area (Å²) in [5, 5.41) is 14.5. The summed E-state index contributed by atoms with van der Waals surface area (Å²) in [6.07, 6.45) is 2.09. The molecule has 0 bridgehead atoms. The summed E-state index contributed by atoms with van der Waals surface area (Å²) in [5.74, 6) is 0. The van der Waals surface area contributed by atoms with E-state index >= 15 is 0 Å². The Morgan fingerprint density at radius 3 is 3.12 bits per heavy atom. The highest BCUT2D eigenvalue weighted by Gasteiger charge is 2.75. The van der Waals surface area contributed by atoms with Gasteiger partial charge in [0.05, 0.1) is 17.6 Å². The molecule has 1 fully saturated rings. The van der Waals surface area contributed by atoms with Crippen LogP contribution < -0.4 is 10.2 Å². The van der Waals surface area contributed by atoms with E-state index in [-0.39, 0.29) is 11.1 Å². The Bertz CT molecular complexity index is 559. The van der Waals surface area contributed by atoms with Crippen molar-refractivity contribution in [3.63, 3.8) is 0 Å². The Morgan fingerprint density at radius 1 is 1.47 bits per heavy atom. The monoisotopic (exact) mass is 231 g/mol. The molecule has 6 heteroatoms. The number of benzene rings is 1. The highest BCUT2D eigenvalue weighted by Crippen LogP contribution is 2.53. The molecule has 0 aliphatic carbocycles. The van der Waals surface area contributed by atoms with Gasteiger partial charge in [-0.1, -0.05) is 12.1 Å². The van der Waals surface area contributed by atoms with Gasteiger partial charge >= 0.3 is 5.54 Å². The van der Waals surface area contributed by atoms with Gasteiger partial charge in [-0.25, -0.2) is 0 Å². The van der Waals surface area contributed by atoms with Gasteiger partial charge in [0.15, 0.2) is 6.17 Å². The van der Waals surface area contributed by atoms with Crippen molar-refractivity contribution in [2.24, 2.45) is 0 Å². The van der Waals surface area contributed by atoms with Crippen LogP contribution in [0.25, 0.3) is 0 Å². The second-order valence-corrected chi connectivity index (χ2v) is 4.41. The molecule has 0 radical (unpaired) electrons. The number of ether oxygens (including phenoxy) is 1. The molecule has 0 amide bonds. The maximum absolute atomic E-state index is 11.3. The number of anilines is 2. The van der Waals surface area contributed by atoms with E-state index < -0.39 is 11.8 Å². The molecule has 17 heavy (non-hydrogen) atoms. The van der Waals surface area contributed by atoms with Gasteiger partial charge in [-0.15, -0.1) is 0 Å². The third-order valence-corrected chi connectivity index (χ3v) is 3.70. The first-order chi connectivity index (χ1) is 8.25. The first-order valence-corrected chi connectivity index (χ1v) is 5.37. The molecule has 0 spiro atoms. The van der Waals surface area contributed by atoms with Crippen LogP contribution in [0, 0.1) is 10.1 Å². The van der Waals surface area contributed by atoms with E-state index in [1.54, 1.807) is 0 Å². The Kier molecular flexibility index (Phi) is 1.32. The fourth-order valence-corrected chi connectivity index (χ4v) is 2.87. The van der Waals surface area contributed by atoms with Crippen LogP contribution in [0.4, 0.5) is 11.4 Å². The molecule has 6 nitrogen and oxygen atoms in total. The van der Waals surface area contributed by atoms with Crippen molar-refractivity contribution in [2.45, 2.75) is 17.9 Å². The van der Waals surface area contributed by atoms with Crippen LogP contribution in [0.5, 0.6) is 0 Å². The molecule has 0 saturated carbocycles. The van der Waals surface area contributed by atoms with E-state index in [1.807, 2.05) is 29.2 Å². The van der Waals surface area contributed by atoms with Crippen LogP contribution in [0.15, 0.2) is 36.6 Å². The molecule has 1 N–H and O–H groups in total. The highest BCUT2D eigenvalue weighted by molar-refractivity contribution is 5.80. The van der Waals surface area contributed by atoms with Gasteiger partial charge < -0.3 is 15.0 Å². The first kappa shape index (κ1) is 8.86. The summed E-state index contributed by atoms with van der Waals surface area (Å²) >= 11 is 0. The fourth-order valence-electron chi connectivity index (χ4n) is 2.87. The minimum Gasteiger partial charge on any atom is -0.470 e. The molecule has 1 aromatic carbocycles. The minimum atomic E-state index is -1.15. The molecule has 3 aliphatic rings. The van der Waals surface area contributed by atoms with Gasteiger partial charge in [-0.05, 0) is 12.1 Å². The van der Waals surface area contributed by atoms with Crippen LogP contribution in [0.3, 0.4) is 0 Å². The van der Waals surface area contributed by atoms with Gasteiger partial charge in [-0.3, -0.25) is 10.1 Å². The third kappa shape index (κ3) is 0.769. The van der Waals surface area contributed by atoms with E-state index in [0.29, 0.717) is 0 Å². The summed E-state index contributed by atoms with van der Waals surface area (Å²) < 4.78 is 5.35. The molecule has 4 rings (SSSR count). The molecule has 86 valence electrons. The number of rotatable bonds is 1. The number of nitro groups is 1. The molecule has 3 aliphatic heterocycles. The highest BCUT2D eigenvalue weighted by atomic mass is 16.6. The zero-order chi connectivity index (χ0) is 11.6. The van der Waals surface area contributed by atoms with Gasteiger partial charge in [-0.2, -0.15) is 0 Å². The third-order valence-electron chi connectivity index (χ3n) is 3.70. The molecule has 3 atom stereocenters. The second kappa shape index (κ2) is 2.53. The summed E-state index contributed by atoms with van der Waals surface area (Å²) in [6.45, 7) is 0. The Labute approximate surface area is 96.6 Å². The fraction of sp³-hybridized carbons (Fsp3) is 0.273. The topological polar surface area (TPSA) is 67.6 Å². The Morgan fingerprint density at radius 2 is 2.29 bits per heavy atom. The predicted molar refractivity (Wildman–Crippen MR) is 60.1 cm³/mol. The molecule has 1 saturated heterocycles. The number of hydrogen-bond donors (Lipinski definition) is 1. The lowest BCUT2D eigenvalue weighted by Crippen LogP contribution is -2.78. The lowest BCUT2D eigenvalue weighted by Gasteiger charge is -2.48. The Hall–Kier alpha value is -2.24. The van der Waals surface area contributed by atoms with Crippen molar-refractivity contribution >= 4 is 11.4 Å². The maximum atomic E-state index is 11.3. The molecule has 1 aromatic rings. The zero-order valence-corrected chi connectivity index (χ0v) is 8.74. The van der Waals surface area contributed by atoms with E-state index in [0.717, 1.165) is 11.4 Å². The zero-order valence-electron chi connectivity index (χ0n) is 8.74. The summed E-state index contributed by atoms with van der Waals surface area (Å²) in [5.41, 5.74) is 0.729. The van der Waals surface area contributed by atoms with Gasteiger partial charge in [0.1, 0.15) is 0 Å². The van der Waals surface area contributed by atoms with E-state index in [2.05, 4.69) is 5.32 Å². The van der Waals surface area contributed by atoms with Crippen molar-refractivity contribution in [1.82, 2.24) is 0 Å². The number of para-hydroxylation sites is 2. The van der Waals surface area contributed by atoms with Crippen LogP contribution in [-0.2, 0) is 4.74 Å². The lowest BCUT2D eigenvalue weighted by molar-refractivity contribution is -0.580. The van der Waals surface area contributed by atoms with Crippen molar-refractivity contribution in [1.29, 1.82) is 0 Å². The van der Waals surface area contributed by atoms with Crippen molar-refractivity contribution in [3.05, 3.63) is 46.7 Å². The van der Waals surface area contributed by atoms with Crippen molar-refractivity contribution in [2.75, 3.05) is 10.2 Å². The van der Waals surface area contributed by atoms with Crippen molar-refractivity contribution < 1.29 is 9.66 Å². The minimum absolute atomic E-state index is 0.263. The largest absolute Gasteiger partial charge is 0.470 e. The average molecular weight is 231 g/mol. The number of nitrogens with zero attached hydrogens (tertiary/aromatic N) is 2. The van der Waals surface area contributed by atoms with Gasteiger partial charge in [0.2, 0.25) is 0 Å². The Balaban J connectivity index is 1.83. The van der Waals surface area contributed by atoms with Crippen LogP contribution in [0.1, 0.15) is 0 Å². The maximum Gasteiger partial charge on any atom is 0.336 e. The van der Waals surface area contributed by atoms with E-state index in [1.165, 1.54) is 12.3 Å². The van der Waals surface area contributed by atoms with Crippen LogP contribution in [-0.4, -0.2) is 22.9 Å². The number of nitrogens with one attached hydrogen (secondary N) is 1. The lowest BCUT2D eigenvalue weighted by atomic mass is 9.85. The first-order valence-electron chi connectivity index (χ1n) is 5.37. The smallest absolute Gasteiger partial charge is 0.336 e. The van der Waals surface area contributed by atoms with Crippen LogP contribution in [0.2, 0.25) is 0 Å². The molecular formula is C11H9N3O3. The standard InChI is InChI=1S/C11H9N3O3/c15-14(16)11-5-6-17-10(11)13-8-4-2-1-3-7(8)12-9(11)13/h1-6,9-10,12H/t9-,10+,11-/m0/s1. The molecule has 0 aromatic heterocycles. The molecule has 0 unspecified atom stereocenters. The number of hydrogen-bond acceptors (Lipinski definition) is 5. The summed E-state index contributed by atoms with van der Waals surface area (Å²) in [4.78, 5) is 12.9. The van der Waals surface area contributed by atoms with Crippen LogP contribution >= 0.6 is 0 Å². The second-order valence-electron chi connectivity index (χ2n) is 4.41. The van der Waals surface area contributed by atoms with Crippen molar-refractivity contribution in [3.8, 4) is 0 Å². The summed E-state index contributed by atoms with van der Waals surface area (Å²) in [6, 6.07) is 7.68.